The van der Waals surface area contributed by atoms with E-state index in [2.05, 4.69) is 43.9 Å². The van der Waals surface area contributed by atoms with Crippen molar-refractivity contribution in [2.45, 2.75) is 31.7 Å². The standard InChI is InChI=1S/C20H23N5/c1-13(10-14-2-3-14)24-15-6-9-25(12-15)18-5-8-21-17-11-23-20-16(19(17)18)4-7-22-20/h4-5,7-8,11,14-15,24H,1-3,6,9-10,12H2,(H,22,23). The molecule has 5 nitrogen and oxygen atoms in total. The molecule has 2 fully saturated rings. The van der Waals surface area contributed by atoms with Gasteiger partial charge < -0.3 is 15.2 Å². The molecule has 0 aromatic carbocycles. The minimum atomic E-state index is 0.484. The molecule has 0 amide bonds. The first-order valence-corrected chi connectivity index (χ1v) is 9.18. The molecule has 1 unspecified atom stereocenters. The van der Waals surface area contributed by atoms with E-state index >= 15 is 0 Å². The summed E-state index contributed by atoms with van der Waals surface area (Å²) >= 11 is 0. The molecule has 2 N–H and O–H groups in total. The molecule has 2 aliphatic rings. The molecular formula is C20H23N5. The van der Waals surface area contributed by atoms with E-state index in [0.29, 0.717) is 6.04 Å². The van der Waals surface area contributed by atoms with Crippen molar-refractivity contribution >= 4 is 27.6 Å². The number of hydrogen-bond acceptors (Lipinski definition) is 4. The van der Waals surface area contributed by atoms with Crippen LogP contribution in [0.4, 0.5) is 5.69 Å². The zero-order valence-electron chi connectivity index (χ0n) is 14.3. The van der Waals surface area contributed by atoms with E-state index in [1.807, 2.05) is 18.6 Å². The van der Waals surface area contributed by atoms with Crippen molar-refractivity contribution in [3.05, 3.63) is 43.0 Å². The summed E-state index contributed by atoms with van der Waals surface area (Å²) in [7, 11) is 0. The highest BCUT2D eigenvalue weighted by Gasteiger charge is 2.27. The Labute approximate surface area is 147 Å². The largest absolute Gasteiger partial charge is 0.384 e. The van der Waals surface area contributed by atoms with Crippen molar-refractivity contribution < 1.29 is 0 Å². The molecule has 1 saturated heterocycles. The fourth-order valence-corrected chi connectivity index (χ4v) is 4.01. The molecule has 3 aromatic rings. The lowest BCUT2D eigenvalue weighted by atomic mass is 10.1. The number of nitrogens with one attached hydrogen (secondary N) is 2. The predicted molar refractivity (Wildman–Crippen MR) is 102 cm³/mol. The van der Waals surface area contributed by atoms with E-state index in [-0.39, 0.29) is 0 Å². The second kappa shape index (κ2) is 5.76. The first kappa shape index (κ1) is 14.8. The molecule has 1 saturated carbocycles. The van der Waals surface area contributed by atoms with Crippen LogP contribution in [0.2, 0.25) is 0 Å². The van der Waals surface area contributed by atoms with Gasteiger partial charge in [0.05, 0.1) is 11.7 Å². The van der Waals surface area contributed by atoms with Crippen LogP contribution in [-0.2, 0) is 0 Å². The number of hydrogen-bond donors (Lipinski definition) is 2. The van der Waals surface area contributed by atoms with E-state index < -0.39 is 0 Å². The maximum Gasteiger partial charge on any atom is 0.138 e. The molecule has 1 aliphatic heterocycles. The molecular weight excluding hydrogens is 310 g/mol. The minimum Gasteiger partial charge on any atom is -0.384 e. The Hall–Kier alpha value is -2.56. The van der Waals surface area contributed by atoms with Crippen molar-refractivity contribution in [2.24, 2.45) is 5.92 Å². The fourth-order valence-electron chi connectivity index (χ4n) is 4.01. The Balaban J connectivity index is 1.41. The van der Waals surface area contributed by atoms with Gasteiger partial charge in [-0.15, -0.1) is 0 Å². The third kappa shape index (κ3) is 2.73. The second-order valence-electron chi connectivity index (χ2n) is 7.42. The first-order valence-electron chi connectivity index (χ1n) is 9.18. The SMILES string of the molecule is C=C(CC1CC1)NC1CCN(c2ccnc3cnc4[nH]ccc4c23)C1. The summed E-state index contributed by atoms with van der Waals surface area (Å²) in [4.78, 5) is 14.7. The quantitative estimate of drug-likeness (QED) is 0.749. The van der Waals surface area contributed by atoms with Gasteiger partial charge in [-0.05, 0) is 43.7 Å². The topological polar surface area (TPSA) is 56.8 Å². The lowest BCUT2D eigenvalue weighted by Crippen LogP contribution is -2.32. The van der Waals surface area contributed by atoms with Gasteiger partial charge in [0.2, 0.25) is 0 Å². The lowest BCUT2D eigenvalue weighted by molar-refractivity contribution is 0.588. The number of pyridine rings is 2. The van der Waals surface area contributed by atoms with E-state index in [9.17, 15) is 0 Å². The average Bonchev–Trinajstić information content (AvgIpc) is 3.11. The highest BCUT2D eigenvalue weighted by atomic mass is 15.2. The summed E-state index contributed by atoms with van der Waals surface area (Å²) in [6, 6.07) is 4.72. The van der Waals surface area contributed by atoms with Gasteiger partial charge in [0.25, 0.3) is 0 Å². The van der Waals surface area contributed by atoms with E-state index in [1.54, 1.807) is 0 Å². The average molecular weight is 333 g/mol. The summed E-state index contributed by atoms with van der Waals surface area (Å²) < 4.78 is 0. The molecule has 0 bridgehead atoms. The predicted octanol–water partition coefficient (Wildman–Crippen LogP) is 3.59. The number of H-pyrrole nitrogens is 1. The molecule has 5 heteroatoms. The third-order valence-electron chi connectivity index (χ3n) is 5.44. The van der Waals surface area contributed by atoms with Crippen LogP contribution in [0.5, 0.6) is 0 Å². The maximum atomic E-state index is 4.52. The van der Waals surface area contributed by atoms with Gasteiger partial charge in [-0.3, -0.25) is 4.98 Å². The second-order valence-corrected chi connectivity index (χ2v) is 7.42. The number of anilines is 1. The normalized spacial score (nSPS) is 20.5. The van der Waals surface area contributed by atoms with Crippen LogP contribution < -0.4 is 10.2 Å². The fraction of sp³-hybridized carbons (Fsp3) is 0.400. The molecule has 5 rings (SSSR count). The summed E-state index contributed by atoms with van der Waals surface area (Å²) in [5, 5.41) is 6.01. The van der Waals surface area contributed by atoms with Crippen LogP contribution >= 0.6 is 0 Å². The van der Waals surface area contributed by atoms with Crippen LogP contribution in [0.3, 0.4) is 0 Å². The van der Waals surface area contributed by atoms with Crippen LogP contribution in [-0.4, -0.2) is 34.1 Å². The van der Waals surface area contributed by atoms with Crippen LogP contribution in [0.25, 0.3) is 21.9 Å². The zero-order valence-corrected chi connectivity index (χ0v) is 14.3. The Morgan fingerprint density at radius 2 is 2.20 bits per heavy atom. The van der Waals surface area contributed by atoms with Gasteiger partial charge in [-0.25, -0.2) is 4.98 Å². The monoisotopic (exact) mass is 333 g/mol. The van der Waals surface area contributed by atoms with Gasteiger partial charge >= 0.3 is 0 Å². The Morgan fingerprint density at radius 3 is 3.08 bits per heavy atom. The van der Waals surface area contributed by atoms with Gasteiger partial charge in [-0.2, -0.15) is 0 Å². The van der Waals surface area contributed by atoms with Crippen molar-refractivity contribution in [1.82, 2.24) is 20.3 Å². The first-order chi connectivity index (χ1) is 12.3. The van der Waals surface area contributed by atoms with Gasteiger partial charge in [-0.1, -0.05) is 6.58 Å². The lowest BCUT2D eigenvalue weighted by Gasteiger charge is -2.22. The maximum absolute atomic E-state index is 4.52. The number of aromatic nitrogens is 3. The number of nitrogens with zero attached hydrogens (tertiary/aromatic N) is 3. The van der Waals surface area contributed by atoms with E-state index in [0.717, 1.165) is 48.4 Å². The molecule has 0 spiro atoms. The van der Waals surface area contributed by atoms with Gasteiger partial charge in [0, 0.05) is 53.7 Å². The molecule has 3 aromatic heterocycles. The van der Waals surface area contributed by atoms with Crippen LogP contribution in [0.15, 0.2) is 43.0 Å². The number of allylic oxidation sites excluding steroid dienone is 1. The van der Waals surface area contributed by atoms with E-state index in [1.165, 1.54) is 29.6 Å². The number of rotatable bonds is 5. The van der Waals surface area contributed by atoms with Crippen LogP contribution in [0, 0.1) is 5.92 Å². The van der Waals surface area contributed by atoms with Gasteiger partial charge in [0.15, 0.2) is 0 Å². The molecule has 1 aliphatic carbocycles. The van der Waals surface area contributed by atoms with Crippen LogP contribution in [0.1, 0.15) is 25.7 Å². The summed E-state index contributed by atoms with van der Waals surface area (Å²) in [5.41, 5.74) is 4.35. The smallest absolute Gasteiger partial charge is 0.138 e. The highest BCUT2D eigenvalue weighted by molar-refractivity contribution is 6.10. The molecule has 4 heterocycles. The molecule has 0 radical (unpaired) electrons. The van der Waals surface area contributed by atoms with Crippen molar-refractivity contribution in [3.8, 4) is 0 Å². The van der Waals surface area contributed by atoms with Gasteiger partial charge in [0.1, 0.15) is 5.65 Å². The Morgan fingerprint density at radius 1 is 1.28 bits per heavy atom. The highest BCUT2D eigenvalue weighted by Crippen LogP contribution is 2.35. The van der Waals surface area contributed by atoms with Crippen molar-refractivity contribution in [3.63, 3.8) is 0 Å². The Kier molecular flexibility index (Phi) is 3.40. The minimum absolute atomic E-state index is 0.484. The number of fused-ring (bicyclic) bond motifs is 3. The van der Waals surface area contributed by atoms with Crippen molar-refractivity contribution in [1.29, 1.82) is 0 Å². The molecule has 1 atom stereocenters. The number of aromatic amines is 1. The zero-order chi connectivity index (χ0) is 16.8. The summed E-state index contributed by atoms with van der Waals surface area (Å²) in [6.45, 7) is 6.30. The Bertz CT molecular complexity index is 940. The molecule has 25 heavy (non-hydrogen) atoms. The van der Waals surface area contributed by atoms with E-state index in [4.69, 9.17) is 0 Å². The summed E-state index contributed by atoms with van der Waals surface area (Å²) in [5.74, 6) is 0.885. The third-order valence-corrected chi connectivity index (χ3v) is 5.44. The van der Waals surface area contributed by atoms with Crippen molar-refractivity contribution in [2.75, 3.05) is 18.0 Å². The molecule has 128 valence electrons. The summed E-state index contributed by atoms with van der Waals surface area (Å²) in [6.07, 6.45) is 10.7.